The highest BCUT2D eigenvalue weighted by Crippen LogP contribution is 2.29. The van der Waals surface area contributed by atoms with E-state index in [1.54, 1.807) is 10.3 Å². The molecule has 138 valence electrons. The van der Waals surface area contributed by atoms with Gasteiger partial charge in [-0.15, -0.1) is 11.3 Å². The van der Waals surface area contributed by atoms with Crippen molar-refractivity contribution in [2.45, 2.75) is 26.9 Å². The number of hydrogen-bond acceptors (Lipinski definition) is 5. The van der Waals surface area contributed by atoms with Gasteiger partial charge in [0.2, 0.25) is 0 Å². The Balaban J connectivity index is 1.71. The number of benzene rings is 1. The maximum absolute atomic E-state index is 12.6. The second kappa shape index (κ2) is 7.45. The van der Waals surface area contributed by atoms with Crippen LogP contribution in [0.4, 0.5) is 0 Å². The smallest absolute Gasteiger partial charge is 0.308 e. The van der Waals surface area contributed by atoms with E-state index < -0.39 is 11.9 Å². The van der Waals surface area contributed by atoms with Crippen molar-refractivity contribution in [2.24, 2.45) is 11.8 Å². The Kier molecular flexibility index (Phi) is 5.27. The predicted octanol–water partition coefficient (Wildman–Crippen LogP) is 3.39. The number of ether oxygens (including phenoxy) is 1. The van der Waals surface area contributed by atoms with Crippen LogP contribution in [0, 0.1) is 11.8 Å². The number of amides is 1. The van der Waals surface area contributed by atoms with E-state index in [1.807, 2.05) is 45.0 Å². The number of rotatable bonds is 5. The van der Waals surface area contributed by atoms with Crippen molar-refractivity contribution in [1.29, 1.82) is 0 Å². The van der Waals surface area contributed by atoms with E-state index in [0.29, 0.717) is 12.2 Å². The van der Waals surface area contributed by atoms with Crippen molar-refractivity contribution in [3.05, 3.63) is 35.3 Å². The van der Waals surface area contributed by atoms with Crippen molar-refractivity contribution in [2.75, 3.05) is 13.1 Å². The minimum atomic E-state index is -0.851. The zero-order chi connectivity index (χ0) is 18.8. The largest absolute Gasteiger partial charge is 0.491 e. The molecule has 6 nitrogen and oxygen atoms in total. The molecule has 0 saturated carbocycles. The van der Waals surface area contributed by atoms with Crippen LogP contribution in [-0.2, 0) is 4.79 Å². The fourth-order valence-electron chi connectivity index (χ4n) is 3.07. The van der Waals surface area contributed by atoms with Gasteiger partial charge in [0.15, 0.2) is 0 Å². The maximum Gasteiger partial charge on any atom is 0.308 e. The first-order valence-corrected chi connectivity index (χ1v) is 9.48. The Bertz CT molecular complexity index is 800. The molecule has 1 N–H and O–H groups in total. The average molecular weight is 374 g/mol. The first-order valence-electron chi connectivity index (χ1n) is 8.60. The van der Waals surface area contributed by atoms with Crippen molar-refractivity contribution in [3.63, 3.8) is 0 Å². The van der Waals surface area contributed by atoms with E-state index in [-0.39, 0.29) is 24.5 Å². The molecule has 0 spiro atoms. The van der Waals surface area contributed by atoms with Gasteiger partial charge >= 0.3 is 5.97 Å². The van der Waals surface area contributed by atoms with Crippen LogP contribution < -0.4 is 4.74 Å². The highest BCUT2D eigenvalue weighted by molar-refractivity contribution is 7.13. The molecular weight excluding hydrogens is 352 g/mol. The summed E-state index contributed by atoms with van der Waals surface area (Å²) >= 11 is 1.40. The molecule has 1 aliphatic heterocycles. The van der Waals surface area contributed by atoms with Crippen LogP contribution >= 0.6 is 11.3 Å². The van der Waals surface area contributed by atoms with Crippen molar-refractivity contribution in [1.82, 2.24) is 9.88 Å². The average Bonchev–Trinajstić information content (AvgIpc) is 3.21. The Morgan fingerprint density at radius 3 is 2.54 bits per heavy atom. The molecule has 0 radical (unpaired) electrons. The second-order valence-corrected chi connectivity index (χ2v) is 7.72. The first kappa shape index (κ1) is 18.4. The van der Waals surface area contributed by atoms with Gasteiger partial charge in [-0.25, -0.2) is 4.98 Å². The second-order valence-electron chi connectivity index (χ2n) is 6.86. The lowest BCUT2D eigenvalue weighted by molar-refractivity contribution is -0.142. The van der Waals surface area contributed by atoms with E-state index in [1.165, 1.54) is 11.3 Å². The number of carbonyl (C=O) groups excluding carboxylic acids is 1. The van der Waals surface area contributed by atoms with E-state index in [0.717, 1.165) is 16.3 Å². The summed E-state index contributed by atoms with van der Waals surface area (Å²) in [5.74, 6) is -0.825. The summed E-state index contributed by atoms with van der Waals surface area (Å²) in [6.07, 6.45) is 0.113. The van der Waals surface area contributed by atoms with E-state index in [4.69, 9.17) is 4.74 Å². The molecule has 1 amide bonds. The third kappa shape index (κ3) is 3.88. The normalized spacial score (nSPS) is 19.8. The van der Waals surface area contributed by atoms with Crippen LogP contribution in [0.3, 0.4) is 0 Å². The summed E-state index contributed by atoms with van der Waals surface area (Å²) in [7, 11) is 0. The van der Waals surface area contributed by atoms with Crippen molar-refractivity contribution in [3.8, 4) is 16.3 Å². The van der Waals surface area contributed by atoms with Crippen LogP contribution in [0.15, 0.2) is 29.6 Å². The molecule has 1 aromatic heterocycles. The summed E-state index contributed by atoms with van der Waals surface area (Å²) in [4.78, 5) is 29.9. The van der Waals surface area contributed by atoms with Crippen molar-refractivity contribution >= 4 is 23.2 Å². The fraction of sp³-hybridized carbons (Fsp3) is 0.421. The van der Waals surface area contributed by atoms with Gasteiger partial charge in [0.1, 0.15) is 16.5 Å². The molecule has 2 aromatic rings. The van der Waals surface area contributed by atoms with Crippen LogP contribution in [0.5, 0.6) is 5.75 Å². The zero-order valence-corrected chi connectivity index (χ0v) is 15.8. The van der Waals surface area contributed by atoms with Gasteiger partial charge in [-0.05, 0) is 44.0 Å². The minimum Gasteiger partial charge on any atom is -0.491 e. The third-order valence-corrected chi connectivity index (χ3v) is 5.30. The molecule has 0 unspecified atom stereocenters. The number of likely N-dealkylation sites (tertiary alicyclic amines) is 1. The van der Waals surface area contributed by atoms with Crippen LogP contribution in [0.25, 0.3) is 10.6 Å². The number of thiazole rings is 1. The van der Waals surface area contributed by atoms with Gasteiger partial charge < -0.3 is 14.7 Å². The van der Waals surface area contributed by atoms with Gasteiger partial charge in [0.05, 0.1) is 12.0 Å². The lowest BCUT2D eigenvalue weighted by Crippen LogP contribution is -2.30. The number of carbonyl (C=O) groups is 2. The number of aliphatic carboxylic acids is 1. The Hall–Kier alpha value is -2.41. The van der Waals surface area contributed by atoms with Gasteiger partial charge in [-0.1, -0.05) is 6.92 Å². The topological polar surface area (TPSA) is 79.7 Å². The quantitative estimate of drug-likeness (QED) is 0.868. The zero-order valence-electron chi connectivity index (χ0n) is 15.0. The SMILES string of the molecule is CC(C)Oc1ccc(-c2nc(C(=O)N3C[C@@H](C)[C@H](C(=O)O)C3)cs2)cc1. The fourth-order valence-corrected chi connectivity index (χ4v) is 3.87. The minimum absolute atomic E-state index is 0.0527. The van der Waals surface area contributed by atoms with E-state index in [2.05, 4.69) is 4.98 Å². The molecule has 1 fully saturated rings. The molecule has 1 aromatic carbocycles. The predicted molar refractivity (Wildman–Crippen MR) is 99.5 cm³/mol. The molecule has 0 bridgehead atoms. The molecule has 7 heteroatoms. The summed E-state index contributed by atoms with van der Waals surface area (Å²) in [6, 6.07) is 7.61. The Labute approximate surface area is 156 Å². The highest BCUT2D eigenvalue weighted by Gasteiger charge is 2.37. The van der Waals surface area contributed by atoms with Crippen LogP contribution in [0.2, 0.25) is 0 Å². The van der Waals surface area contributed by atoms with Gasteiger partial charge in [0.25, 0.3) is 5.91 Å². The Morgan fingerprint density at radius 1 is 1.27 bits per heavy atom. The summed E-state index contributed by atoms with van der Waals surface area (Å²) in [5, 5.41) is 11.7. The number of aromatic nitrogens is 1. The molecular formula is C19H22N2O4S. The highest BCUT2D eigenvalue weighted by atomic mass is 32.1. The Morgan fingerprint density at radius 2 is 1.96 bits per heavy atom. The van der Waals surface area contributed by atoms with Crippen molar-refractivity contribution < 1.29 is 19.4 Å². The molecule has 2 heterocycles. The van der Waals surface area contributed by atoms with E-state index in [9.17, 15) is 14.7 Å². The number of nitrogens with zero attached hydrogens (tertiary/aromatic N) is 2. The number of hydrogen-bond donors (Lipinski definition) is 1. The molecule has 1 aliphatic rings. The molecule has 26 heavy (non-hydrogen) atoms. The molecule has 1 saturated heterocycles. The maximum atomic E-state index is 12.6. The third-order valence-electron chi connectivity index (χ3n) is 4.41. The number of carboxylic acid groups (broad SMARTS) is 1. The van der Waals surface area contributed by atoms with Gasteiger partial charge in [-0.2, -0.15) is 0 Å². The summed E-state index contributed by atoms with van der Waals surface area (Å²) in [6.45, 7) is 6.49. The summed E-state index contributed by atoms with van der Waals surface area (Å²) in [5.41, 5.74) is 1.29. The standard InChI is InChI=1S/C19H22N2O4S/c1-11(2)25-14-6-4-13(5-7-14)17-20-16(10-26-17)18(22)21-8-12(3)15(9-21)19(23)24/h4-7,10-12,15H,8-9H2,1-3H3,(H,23,24)/t12-,15-/m1/s1. The first-order chi connectivity index (χ1) is 12.3. The number of carboxylic acids is 1. The van der Waals surface area contributed by atoms with E-state index >= 15 is 0 Å². The summed E-state index contributed by atoms with van der Waals surface area (Å²) < 4.78 is 5.63. The van der Waals surface area contributed by atoms with Gasteiger partial charge in [0, 0.05) is 24.0 Å². The molecule has 2 atom stereocenters. The van der Waals surface area contributed by atoms with Gasteiger partial charge in [-0.3, -0.25) is 9.59 Å². The lowest BCUT2D eigenvalue weighted by Gasteiger charge is -2.14. The van der Waals surface area contributed by atoms with Crippen LogP contribution in [0.1, 0.15) is 31.3 Å². The molecule has 0 aliphatic carbocycles. The monoisotopic (exact) mass is 374 g/mol. The lowest BCUT2D eigenvalue weighted by atomic mass is 9.99. The molecule has 3 rings (SSSR count). The van der Waals surface area contributed by atoms with Crippen LogP contribution in [-0.4, -0.2) is 46.1 Å².